The minimum atomic E-state index is 1.01. The summed E-state index contributed by atoms with van der Waals surface area (Å²) in [5, 5.41) is 0. The minimum Gasteiger partial charge on any atom is -0.268 e. The molecule has 0 aliphatic carbocycles. The van der Waals surface area contributed by atoms with E-state index in [2.05, 4.69) is 22.8 Å². The molecule has 0 saturated carbocycles. The molecule has 3 aromatic rings. The van der Waals surface area contributed by atoms with Crippen LogP contribution in [0.15, 0.2) is 54.6 Å². The smallest absolute Gasteiger partial charge is 0.268 e. The van der Waals surface area contributed by atoms with E-state index in [1.165, 1.54) is 0 Å². The molecule has 0 radical (unpaired) electrons. The largest absolute Gasteiger partial charge is 0.312 e. The van der Waals surface area contributed by atoms with Crippen molar-refractivity contribution >= 4 is 11.0 Å². The number of hydrogen-bond donors (Lipinski definition) is 1. The second-order valence-corrected chi connectivity index (χ2v) is 4.11. The highest BCUT2D eigenvalue weighted by Gasteiger charge is 2.21. The summed E-state index contributed by atoms with van der Waals surface area (Å²) in [5.74, 6) is 7.17. The van der Waals surface area contributed by atoms with Crippen LogP contribution < -0.4 is 10.4 Å². The SMILES string of the molecule is C[n+]1c(-c2ccccc2)n(N)c2ccccc21. The number of nitrogens with two attached hydrogens (primary N) is 1. The highest BCUT2D eigenvalue weighted by molar-refractivity contribution is 5.75. The zero-order valence-corrected chi connectivity index (χ0v) is 9.67. The van der Waals surface area contributed by atoms with Crippen LogP contribution in [-0.4, -0.2) is 4.68 Å². The number of rotatable bonds is 1. The van der Waals surface area contributed by atoms with E-state index in [0.29, 0.717) is 0 Å². The van der Waals surface area contributed by atoms with Gasteiger partial charge in [0.2, 0.25) is 0 Å². The molecule has 0 fully saturated rings. The van der Waals surface area contributed by atoms with Crippen LogP contribution in [0.2, 0.25) is 0 Å². The first-order chi connectivity index (χ1) is 8.29. The molecule has 0 saturated heterocycles. The van der Waals surface area contributed by atoms with Crippen LogP contribution in [0.25, 0.3) is 22.4 Å². The third kappa shape index (κ3) is 1.40. The first-order valence-corrected chi connectivity index (χ1v) is 5.59. The van der Waals surface area contributed by atoms with Crippen molar-refractivity contribution in [2.75, 3.05) is 5.84 Å². The van der Waals surface area contributed by atoms with Gasteiger partial charge < -0.3 is 0 Å². The van der Waals surface area contributed by atoms with E-state index in [-0.39, 0.29) is 0 Å². The number of nitrogen functional groups attached to an aromatic ring is 1. The van der Waals surface area contributed by atoms with Crippen molar-refractivity contribution in [2.24, 2.45) is 7.05 Å². The second-order valence-electron chi connectivity index (χ2n) is 4.11. The van der Waals surface area contributed by atoms with Crippen LogP contribution in [0.1, 0.15) is 0 Å². The average molecular weight is 224 g/mol. The third-order valence-electron chi connectivity index (χ3n) is 3.08. The zero-order chi connectivity index (χ0) is 11.8. The molecule has 0 atom stereocenters. The maximum atomic E-state index is 6.17. The van der Waals surface area contributed by atoms with Crippen molar-refractivity contribution in [1.82, 2.24) is 4.68 Å². The van der Waals surface area contributed by atoms with Gasteiger partial charge in [-0.1, -0.05) is 30.3 Å². The molecule has 3 nitrogen and oxygen atoms in total. The monoisotopic (exact) mass is 224 g/mol. The fraction of sp³-hybridized carbons (Fsp3) is 0.0714. The first-order valence-electron chi connectivity index (χ1n) is 5.59. The van der Waals surface area contributed by atoms with Gasteiger partial charge in [0.05, 0.1) is 12.6 Å². The Hall–Kier alpha value is -2.29. The number of imidazole rings is 1. The zero-order valence-electron chi connectivity index (χ0n) is 9.67. The molecule has 0 spiro atoms. The van der Waals surface area contributed by atoms with Gasteiger partial charge in [0.1, 0.15) is 0 Å². The Morgan fingerprint density at radius 2 is 1.59 bits per heavy atom. The molecule has 3 heteroatoms. The van der Waals surface area contributed by atoms with E-state index in [4.69, 9.17) is 5.84 Å². The van der Waals surface area contributed by atoms with Crippen LogP contribution >= 0.6 is 0 Å². The lowest BCUT2D eigenvalue weighted by Crippen LogP contribution is -2.31. The Balaban J connectivity index is 2.38. The van der Waals surface area contributed by atoms with E-state index in [1.54, 1.807) is 4.68 Å². The maximum absolute atomic E-state index is 6.17. The van der Waals surface area contributed by atoms with Crippen LogP contribution in [0, 0.1) is 0 Å². The number of nitrogens with zero attached hydrogens (tertiary/aromatic N) is 2. The highest BCUT2D eigenvalue weighted by atomic mass is 15.3. The van der Waals surface area contributed by atoms with E-state index >= 15 is 0 Å². The summed E-state index contributed by atoms with van der Waals surface area (Å²) >= 11 is 0. The standard InChI is InChI=1S/C14H14N3/c1-16-12-9-5-6-10-13(12)17(15)14(16)11-7-3-2-4-8-11/h2-10H,15H2,1H3/q+1. The van der Waals surface area contributed by atoms with E-state index in [0.717, 1.165) is 22.4 Å². The molecular formula is C14H14N3+. The predicted molar refractivity (Wildman–Crippen MR) is 68.7 cm³/mol. The molecular weight excluding hydrogens is 210 g/mol. The van der Waals surface area contributed by atoms with E-state index < -0.39 is 0 Å². The summed E-state index contributed by atoms with van der Waals surface area (Å²) < 4.78 is 3.86. The lowest BCUT2D eigenvalue weighted by Gasteiger charge is -1.97. The van der Waals surface area contributed by atoms with Crippen LogP contribution in [0.5, 0.6) is 0 Å². The van der Waals surface area contributed by atoms with Gasteiger partial charge in [0.15, 0.2) is 11.0 Å². The summed E-state index contributed by atoms with van der Waals surface area (Å²) in [7, 11) is 2.04. The van der Waals surface area contributed by atoms with Gasteiger partial charge in [0, 0.05) is 0 Å². The van der Waals surface area contributed by atoms with Crippen molar-refractivity contribution < 1.29 is 4.57 Å². The molecule has 84 valence electrons. The normalized spacial score (nSPS) is 10.9. The number of benzene rings is 2. The molecule has 1 heterocycles. The molecule has 3 rings (SSSR count). The van der Waals surface area contributed by atoms with E-state index in [1.807, 2.05) is 43.4 Å². The molecule has 0 bridgehead atoms. The predicted octanol–water partition coefficient (Wildman–Crippen LogP) is 1.85. The van der Waals surface area contributed by atoms with Gasteiger partial charge >= 0.3 is 5.82 Å². The molecule has 0 amide bonds. The van der Waals surface area contributed by atoms with Crippen molar-refractivity contribution in [2.45, 2.75) is 0 Å². The van der Waals surface area contributed by atoms with Crippen molar-refractivity contribution in [1.29, 1.82) is 0 Å². The van der Waals surface area contributed by atoms with Crippen molar-refractivity contribution in [3.05, 3.63) is 54.6 Å². The topological polar surface area (TPSA) is 34.8 Å². The summed E-state index contributed by atoms with van der Waals surface area (Å²) in [5.41, 5.74) is 3.29. The Morgan fingerprint density at radius 1 is 0.941 bits per heavy atom. The summed E-state index contributed by atoms with van der Waals surface area (Å²) in [4.78, 5) is 0. The summed E-state index contributed by atoms with van der Waals surface area (Å²) in [6.45, 7) is 0. The highest BCUT2D eigenvalue weighted by Crippen LogP contribution is 2.19. The van der Waals surface area contributed by atoms with E-state index in [9.17, 15) is 0 Å². The fourth-order valence-corrected chi connectivity index (χ4v) is 2.26. The number of aryl methyl sites for hydroxylation is 1. The molecule has 2 N–H and O–H groups in total. The molecule has 0 unspecified atom stereocenters. The van der Waals surface area contributed by atoms with Gasteiger partial charge in [-0.25, -0.2) is 4.57 Å². The summed E-state index contributed by atoms with van der Waals surface area (Å²) in [6.07, 6.45) is 0. The first kappa shape index (κ1) is 9.90. The number of para-hydroxylation sites is 2. The molecule has 17 heavy (non-hydrogen) atoms. The lowest BCUT2D eigenvalue weighted by atomic mass is 10.2. The molecule has 0 aliphatic rings. The molecule has 0 aliphatic heterocycles. The average Bonchev–Trinajstić information content (AvgIpc) is 2.64. The Bertz CT molecular complexity index is 630. The quantitative estimate of drug-likeness (QED) is 0.497. The fourth-order valence-electron chi connectivity index (χ4n) is 2.26. The lowest BCUT2D eigenvalue weighted by molar-refractivity contribution is -0.633. The number of fused-ring (bicyclic) bond motifs is 1. The Morgan fingerprint density at radius 3 is 2.29 bits per heavy atom. The third-order valence-corrected chi connectivity index (χ3v) is 3.08. The van der Waals surface area contributed by atoms with Crippen LogP contribution in [-0.2, 0) is 7.05 Å². The van der Waals surface area contributed by atoms with Crippen molar-refractivity contribution in [3.8, 4) is 11.4 Å². The minimum absolute atomic E-state index is 1.01. The van der Waals surface area contributed by atoms with Gasteiger partial charge in [-0.3, -0.25) is 5.84 Å². The Labute approximate surface area is 99.7 Å². The number of aromatic nitrogens is 2. The maximum Gasteiger partial charge on any atom is 0.312 e. The molecule has 2 aromatic carbocycles. The van der Waals surface area contributed by atoms with Gasteiger partial charge in [-0.15, -0.1) is 4.68 Å². The Kier molecular flexibility index (Phi) is 2.11. The number of hydrogen-bond acceptors (Lipinski definition) is 1. The molecule has 1 aromatic heterocycles. The second kappa shape index (κ2) is 3.63. The van der Waals surface area contributed by atoms with Gasteiger partial charge in [-0.2, -0.15) is 0 Å². The van der Waals surface area contributed by atoms with Gasteiger partial charge in [-0.05, 0) is 24.3 Å². The van der Waals surface area contributed by atoms with Crippen LogP contribution in [0.3, 0.4) is 0 Å². The summed E-state index contributed by atoms with van der Waals surface area (Å²) in [6, 6.07) is 18.3. The van der Waals surface area contributed by atoms with Crippen LogP contribution in [0.4, 0.5) is 0 Å². The van der Waals surface area contributed by atoms with Gasteiger partial charge in [0.25, 0.3) is 0 Å². The van der Waals surface area contributed by atoms with Crippen molar-refractivity contribution in [3.63, 3.8) is 0 Å².